The van der Waals surface area contributed by atoms with Gasteiger partial charge in [0, 0.05) is 30.9 Å². The van der Waals surface area contributed by atoms with E-state index in [0.717, 1.165) is 18.5 Å². The fourth-order valence-corrected chi connectivity index (χ4v) is 2.94. The quantitative estimate of drug-likeness (QED) is 0.929. The molecule has 0 amide bonds. The predicted octanol–water partition coefficient (Wildman–Crippen LogP) is 2.67. The van der Waals surface area contributed by atoms with E-state index >= 15 is 0 Å². The van der Waals surface area contributed by atoms with E-state index in [0.29, 0.717) is 19.0 Å². The number of benzene rings is 1. The van der Waals surface area contributed by atoms with Gasteiger partial charge in [-0.15, -0.1) is 0 Å². The van der Waals surface area contributed by atoms with Gasteiger partial charge < -0.3 is 10.6 Å². The van der Waals surface area contributed by atoms with E-state index < -0.39 is 0 Å². The Labute approximate surface area is 118 Å². The molecule has 0 bridgehead atoms. The molecule has 0 radical (unpaired) electrons. The van der Waals surface area contributed by atoms with Crippen molar-refractivity contribution in [2.24, 2.45) is 5.73 Å². The lowest BCUT2D eigenvalue weighted by molar-refractivity contribution is 0.614. The summed E-state index contributed by atoms with van der Waals surface area (Å²) in [6.07, 6.45) is 3.94. The van der Waals surface area contributed by atoms with Crippen molar-refractivity contribution >= 4 is 5.69 Å². The van der Waals surface area contributed by atoms with Gasteiger partial charge in [-0.25, -0.2) is 4.39 Å². The van der Waals surface area contributed by atoms with Gasteiger partial charge in [0.05, 0.1) is 6.20 Å². The lowest BCUT2D eigenvalue weighted by Crippen LogP contribution is -2.22. The molecule has 1 atom stereocenters. The van der Waals surface area contributed by atoms with Gasteiger partial charge in [0.15, 0.2) is 0 Å². The highest BCUT2D eigenvalue weighted by atomic mass is 19.1. The molecule has 0 aliphatic carbocycles. The zero-order valence-corrected chi connectivity index (χ0v) is 11.3. The molecular weight excluding hydrogens is 253 g/mol. The fraction of sp³-hybridized carbons (Fsp3) is 0.312. The number of halogens is 1. The number of pyridine rings is 1. The molecule has 104 valence electrons. The zero-order valence-electron chi connectivity index (χ0n) is 11.3. The average molecular weight is 271 g/mol. The van der Waals surface area contributed by atoms with E-state index in [2.05, 4.69) is 28.1 Å². The largest absolute Gasteiger partial charge is 0.366 e. The molecule has 0 spiro atoms. The highest BCUT2D eigenvalue weighted by Crippen LogP contribution is 2.38. The third-order valence-corrected chi connectivity index (χ3v) is 3.81. The van der Waals surface area contributed by atoms with E-state index in [1.165, 1.54) is 17.4 Å². The first-order valence-electron chi connectivity index (χ1n) is 6.91. The number of hydrogen-bond donors (Lipinski definition) is 1. The molecule has 2 aromatic rings. The van der Waals surface area contributed by atoms with E-state index in [1.54, 1.807) is 12.3 Å². The van der Waals surface area contributed by atoms with Gasteiger partial charge in [0.2, 0.25) is 0 Å². The van der Waals surface area contributed by atoms with Crippen LogP contribution in [0.2, 0.25) is 0 Å². The third kappa shape index (κ3) is 2.51. The van der Waals surface area contributed by atoms with Crippen molar-refractivity contribution in [1.29, 1.82) is 0 Å². The topological polar surface area (TPSA) is 42.1 Å². The lowest BCUT2D eigenvalue weighted by atomic mass is 9.98. The molecule has 0 fully saturated rings. The van der Waals surface area contributed by atoms with Crippen LogP contribution in [0.15, 0.2) is 42.7 Å². The molecule has 1 aliphatic heterocycles. The summed E-state index contributed by atoms with van der Waals surface area (Å²) < 4.78 is 13.2. The van der Waals surface area contributed by atoms with Crippen LogP contribution in [-0.4, -0.2) is 18.1 Å². The van der Waals surface area contributed by atoms with Gasteiger partial charge in [-0.1, -0.05) is 18.2 Å². The highest BCUT2D eigenvalue weighted by Gasteiger charge is 2.27. The zero-order chi connectivity index (χ0) is 13.9. The molecular formula is C16H18FN3. The second-order valence-corrected chi connectivity index (χ2v) is 5.23. The fourth-order valence-electron chi connectivity index (χ4n) is 2.94. The average Bonchev–Trinajstić information content (AvgIpc) is 2.78. The van der Waals surface area contributed by atoms with Crippen molar-refractivity contribution in [2.75, 3.05) is 18.0 Å². The molecule has 1 unspecified atom stereocenters. The van der Waals surface area contributed by atoms with Crippen molar-refractivity contribution in [1.82, 2.24) is 4.98 Å². The maximum absolute atomic E-state index is 13.2. The lowest BCUT2D eigenvalue weighted by Gasteiger charge is -2.19. The Hall–Kier alpha value is -1.94. The number of nitrogens with two attached hydrogens (primary N) is 1. The first-order valence-corrected chi connectivity index (χ1v) is 6.91. The van der Waals surface area contributed by atoms with Crippen LogP contribution < -0.4 is 10.6 Å². The number of hydrogen-bond acceptors (Lipinski definition) is 3. The Balaban J connectivity index is 1.85. The maximum atomic E-state index is 13.2. The minimum atomic E-state index is -0.284. The maximum Gasteiger partial charge on any atom is 0.141 e. The van der Waals surface area contributed by atoms with Crippen molar-refractivity contribution < 1.29 is 4.39 Å². The SMILES string of the molecule is NCCC1CN(Cc2cncc(F)c2)c2ccccc21. The summed E-state index contributed by atoms with van der Waals surface area (Å²) in [5.41, 5.74) is 9.18. The summed E-state index contributed by atoms with van der Waals surface area (Å²) in [5.74, 6) is 0.186. The van der Waals surface area contributed by atoms with Crippen LogP contribution in [0.1, 0.15) is 23.5 Å². The molecule has 3 nitrogen and oxygen atoms in total. The van der Waals surface area contributed by atoms with Crippen molar-refractivity contribution in [3.8, 4) is 0 Å². The number of fused-ring (bicyclic) bond motifs is 1. The number of para-hydroxylation sites is 1. The molecule has 2 heterocycles. The summed E-state index contributed by atoms with van der Waals surface area (Å²) in [4.78, 5) is 6.20. The molecule has 1 aromatic carbocycles. The molecule has 20 heavy (non-hydrogen) atoms. The van der Waals surface area contributed by atoms with Gasteiger partial charge in [-0.2, -0.15) is 0 Å². The van der Waals surface area contributed by atoms with Crippen LogP contribution in [0.5, 0.6) is 0 Å². The number of aromatic nitrogens is 1. The van der Waals surface area contributed by atoms with Gasteiger partial charge in [-0.3, -0.25) is 4.98 Å². The molecule has 1 aliphatic rings. The Bertz CT molecular complexity index is 600. The van der Waals surface area contributed by atoms with Crippen molar-refractivity contribution in [3.05, 3.63) is 59.7 Å². The van der Waals surface area contributed by atoms with Crippen LogP contribution in [0.3, 0.4) is 0 Å². The summed E-state index contributed by atoms with van der Waals surface area (Å²) in [7, 11) is 0. The second kappa shape index (κ2) is 5.59. The predicted molar refractivity (Wildman–Crippen MR) is 78.1 cm³/mol. The molecule has 4 heteroatoms. The van der Waals surface area contributed by atoms with Gasteiger partial charge >= 0.3 is 0 Å². The molecule has 0 saturated carbocycles. The third-order valence-electron chi connectivity index (χ3n) is 3.81. The second-order valence-electron chi connectivity index (χ2n) is 5.23. The molecule has 3 rings (SSSR count). The summed E-state index contributed by atoms with van der Waals surface area (Å²) >= 11 is 0. The van der Waals surface area contributed by atoms with Crippen LogP contribution in [-0.2, 0) is 6.54 Å². The summed E-state index contributed by atoms with van der Waals surface area (Å²) in [6, 6.07) is 9.94. The van der Waals surface area contributed by atoms with Gasteiger partial charge in [0.25, 0.3) is 0 Å². The summed E-state index contributed by atoms with van der Waals surface area (Å²) in [5, 5.41) is 0. The highest BCUT2D eigenvalue weighted by molar-refractivity contribution is 5.60. The van der Waals surface area contributed by atoms with Crippen LogP contribution in [0, 0.1) is 5.82 Å². The molecule has 1 aromatic heterocycles. The van der Waals surface area contributed by atoms with Crippen LogP contribution in [0.25, 0.3) is 0 Å². The number of nitrogens with zero attached hydrogens (tertiary/aromatic N) is 2. The van der Waals surface area contributed by atoms with Crippen molar-refractivity contribution in [2.45, 2.75) is 18.9 Å². The van der Waals surface area contributed by atoms with Gasteiger partial charge in [-0.05, 0) is 36.2 Å². The smallest absolute Gasteiger partial charge is 0.141 e. The Kier molecular flexibility index (Phi) is 3.65. The monoisotopic (exact) mass is 271 g/mol. The van der Waals surface area contributed by atoms with E-state index in [4.69, 9.17) is 5.73 Å². The van der Waals surface area contributed by atoms with E-state index in [-0.39, 0.29) is 5.82 Å². The Morgan fingerprint density at radius 3 is 2.95 bits per heavy atom. The Morgan fingerprint density at radius 2 is 2.15 bits per heavy atom. The van der Waals surface area contributed by atoms with E-state index in [1.807, 2.05) is 6.07 Å². The Morgan fingerprint density at radius 1 is 1.30 bits per heavy atom. The molecule has 0 saturated heterocycles. The minimum absolute atomic E-state index is 0.284. The minimum Gasteiger partial charge on any atom is -0.366 e. The van der Waals surface area contributed by atoms with Gasteiger partial charge in [0.1, 0.15) is 5.82 Å². The molecule has 2 N–H and O–H groups in total. The van der Waals surface area contributed by atoms with Crippen molar-refractivity contribution in [3.63, 3.8) is 0 Å². The standard InChI is InChI=1S/C16H18FN3/c17-14-7-12(8-19-9-14)10-20-11-13(5-6-18)15-3-1-2-4-16(15)20/h1-4,7-9,13H,5-6,10-11,18H2. The van der Waals surface area contributed by atoms with Crippen LogP contribution >= 0.6 is 0 Å². The van der Waals surface area contributed by atoms with E-state index in [9.17, 15) is 4.39 Å². The first-order chi connectivity index (χ1) is 9.78. The van der Waals surface area contributed by atoms with Crippen LogP contribution in [0.4, 0.5) is 10.1 Å². The summed E-state index contributed by atoms with van der Waals surface area (Å²) in [6.45, 7) is 2.31. The number of rotatable bonds is 4. The normalized spacial score (nSPS) is 17.3. The number of anilines is 1. The first kappa shape index (κ1) is 13.1.